The molecule has 0 saturated heterocycles. The number of carbonyl (C=O) groups is 2. The van der Waals surface area contributed by atoms with Crippen molar-refractivity contribution in [2.24, 2.45) is 0 Å². The van der Waals surface area contributed by atoms with E-state index in [4.69, 9.17) is 37.4 Å². The van der Waals surface area contributed by atoms with Crippen LogP contribution in [-0.2, 0) is 11.2 Å². The summed E-state index contributed by atoms with van der Waals surface area (Å²) in [6.07, 6.45) is 0.0290. The Kier molecular flexibility index (Phi) is 7.21. The number of esters is 1. The third-order valence-corrected chi connectivity index (χ3v) is 5.34. The van der Waals surface area contributed by atoms with E-state index in [0.29, 0.717) is 11.3 Å². The van der Waals surface area contributed by atoms with E-state index in [1.165, 1.54) is 20.3 Å². The second-order valence-electron chi connectivity index (χ2n) is 6.73. The number of rotatable bonds is 7. The van der Waals surface area contributed by atoms with Crippen molar-refractivity contribution in [2.45, 2.75) is 13.3 Å². The zero-order chi connectivity index (χ0) is 22.5. The molecule has 0 aliphatic heterocycles. The molecule has 0 spiro atoms. The maximum absolute atomic E-state index is 13.3. The number of hydrogen-bond donors (Lipinski definition) is 0. The van der Waals surface area contributed by atoms with E-state index in [2.05, 4.69) is 0 Å². The van der Waals surface area contributed by atoms with Gasteiger partial charge in [0.25, 0.3) is 0 Å². The van der Waals surface area contributed by atoms with Crippen LogP contribution in [0, 0.1) is 6.92 Å². The van der Waals surface area contributed by atoms with Gasteiger partial charge in [-0.1, -0.05) is 59.6 Å². The first-order chi connectivity index (χ1) is 14.8. The largest absolute Gasteiger partial charge is 0.497 e. The molecule has 3 rings (SSSR count). The second-order valence-corrected chi connectivity index (χ2v) is 7.51. The number of hydrogen-bond acceptors (Lipinski definition) is 5. The summed E-state index contributed by atoms with van der Waals surface area (Å²) in [5.41, 5.74) is 1.88. The van der Waals surface area contributed by atoms with Gasteiger partial charge in [-0.15, -0.1) is 0 Å². The molecular weight excluding hydrogens is 439 g/mol. The van der Waals surface area contributed by atoms with Crippen molar-refractivity contribution in [3.63, 3.8) is 0 Å². The van der Waals surface area contributed by atoms with Gasteiger partial charge in [-0.05, 0) is 30.2 Å². The molecule has 0 atom stereocenters. The summed E-state index contributed by atoms with van der Waals surface area (Å²) in [4.78, 5) is 25.8. The molecule has 0 fully saturated rings. The number of ketones is 1. The number of benzene rings is 3. The van der Waals surface area contributed by atoms with Gasteiger partial charge in [0.2, 0.25) is 0 Å². The van der Waals surface area contributed by atoms with Gasteiger partial charge in [-0.3, -0.25) is 9.59 Å². The second kappa shape index (κ2) is 9.86. The van der Waals surface area contributed by atoms with Crippen LogP contribution in [0.3, 0.4) is 0 Å². The molecule has 0 N–H and O–H groups in total. The standard InChI is InChI=1S/C24H20Cl2O5/c1-14-9-10-16(29-2)12-17(14)23(28)21-18(25)13-19(30-3)24(22(21)26)31-20(27)11-15-7-5-4-6-8-15/h4-10,12-13H,11H2,1-3H3. The van der Waals surface area contributed by atoms with Crippen molar-refractivity contribution < 1.29 is 23.8 Å². The van der Waals surface area contributed by atoms with Crippen molar-refractivity contribution in [3.05, 3.63) is 86.9 Å². The van der Waals surface area contributed by atoms with Crippen molar-refractivity contribution in [2.75, 3.05) is 14.2 Å². The zero-order valence-electron chi connectivity index (χ0n) is 17.2. The Bertz CT molecular complexity index is 1130. The molecule has 0 heterocycles. The lowest BCUT2D eigenvalue weighted by molar-refractivity contribution is -0.133. The van der Waals surface area contributed by atoms with Crippen molar-refractivity contribution >= 4 is 35.0 Å². The van der Waals surface area contributed by atoms with Crippen LogP contribution in [0.15, 0.2) is 54.6 Å². The van der Waals surface area contributed by atoms with E-state index in [1.54, 1.807) is 25.1 Å². The minimum absolute atomic E-state index is 0.0167. The van der Waals surface area contributed by atoms with Gasteiger partial charge in [0.1, 0.15) is 5.75 Å². The van der Waals surface area contributed by atoms with Crippen LogP contribution in [0.25, 0.3) is 0 Å². The normalized spacial score (nSPS) is 10.5. The summed E-state index contributed by atoms with van der Waals surface area (Å²) in [7, 11) is 2.90. The van der Waals surface area contributed by atoms with E-state index in [1.807, 2.05) is 30.3 Å². The average Bonchev–Trinajstić information content (AvgIpc) is 2.76. The van der Waals surface area contributed by atoms with Crippen molar-refractivity contribution in [3.8, 4) is 17.2 Å². The molecule has 0 aliphatic rings. The molecule has 31 heavy (non-hydrogen) atoms. The van der Waals surface area contributed by atoms with Gasteiger partial charge in [-0.2, -0.15) is 0 Å². The van der Waals surface area contributed by atoms with Crippen LogP contribution in [0.5, 0.6) is 17.2 Å². The quantitative estimate of drug-likeness (QED) is 0.258. The molecule has 0 amide bonds. The average molecular weight is 459 g/mol. The fourth-order valence-electron chi connectivity index (χ4n) is 3.05. The molecule has 0 bridgehead atoms. The molecule has 0 aliphatic carbocycles. The molecule has 0 unspecified atom stereocenters. The molecule has 160 valence electrons. The Morgan fingerprint density at radius 3 is 2.29 bits per heavy atom. The number of methoxy groups -OCH3 is 2. The maximum Gasteiger partial charge on any atom is 0.315 e. The van der Waals surface area contributed by atoms with E-state index in [0.717, 1.165) is 11.1 Å². The van der Waals surface area contributed by atoms with Crippen LogP contribution in [-0.4, -0.2) is 26.0 Å². The molecule has 0 saturated carbocycles. The summed E-state index contributed by atoms with van der Waals surface area (Å²) in [5, 5.41) is -0.0186. The first-order valence-corrected chi connectivity index (χ1v) is 10.1. The predicted molar refractivity (Wildman–Crippen MR) is 120 cm³/mol. The predicted octanol–water partition coefficient (Wildman–Crippen LogP) is 5.70. The molecule has 3 aromatic rings. The van der Waals surface area contributed by atoms with E-state index in [9.17, 15) is 9.59 Å². The minimum Gasteiger partial charge on any atom is -0.497 e. The first-order valence-electron chi connectivity index (χ1n) is 9.35. The topological polar surface area (TPSA) is 61.8 Å². The Morgan fingerprint density at radius 2 is 1.65 bits per heavy atom. The lowest BCUT2D eigenvalue weighted by Crippen LogP contribution is -2.14. The van der Waals surface area contributed by atoms with Gasteiger partial charge in [0, 0.05) is 11.6 Å². The monoisotopic (exact) mass is 458 g/mol. The lowest BCUT2D eigenvalue weighted by Gasteiger charge is -2.16. The van der Waals surface area contributed by atoms with Gasteiger partial charge >= 0.3 is 5.97 Å². The van der Waals surface area contributed by atoms with Crippen LogP contribution in [0.4, 0.5) is 0 Å². The Balaban J connectivity index is 2.01. The van der Waals surface area contributed by atoms with Gasteiger partial charge in [0.15, 0.2) is 17.3 Å². The number of halogens is 2. The van der Waals surface area contributed by atoms with Crippen LogP contribution in [0.1, 0.15) is 27.0 Å². The Hall–Kier alpha value is -3.02. The maximum atomic E-state index is 13.3. The number of ether oxygens (including phenoxy) is 3. The van der Waals surface area contributed by atoms with Crippen molar-refractivity contribution in [1.82, 2.24) is 0 Å². The highest BCUT2D eigenvalue weighted by Crippen LogP contribution is 2.43. The third kappa shape index (κ3) is 5.01. The number of aryl methyl sites for hydroxylation is 1. The highest BCUT2D eigenvalue weighted by atomic mass is 35.5. The molecule has 5 nitrogen and oxygen atoms in total. The summed E-state index contributed by atoms with van der Waals surface area (Å²) >= 11 is 12.9. The first kappa shape index (κ1) is 22.7. The van der Waals surface area contributed by atoms with E-state index >= 15 is 0 Å². The van der Waals surface area contributed by atoms with Crippen LogP contribution < -0.4 is 14.2 Å². The zero-order valence-corrected chi connectivity index (χ0v) is 18.7. The molecule has 0 radical (unpaired) electrons. The highest BCUT2D eigenvalue weighted by molar-refractivity contribution is 6.42. The van der Waals surface area contributed by atoms with Crippen LogP contribution in [0.2, 0.25) is 10.0 Å². The summed E-state index contributed by atoms with van der Waals surface area (Å²) in [5.74, 6) is -0.364. The summed E-state index contributed by atoms with van der Waals surface area (Å²) in [6, 6.07) is 15.6. The smallest absolute Gasteiger partial charge is 0.315 e. The number of carbonyl (C=O) groups excluding carboxylic acids is 2. The van der Waals surface area contributed by atoms with Crippen LogP contribution >= 0.6 is 23.2 Å². The summed E-state index contributed by atoms with van der Waals surface area (Å²) < 4.78 is 16.0. The van der Waals surface area contributed by atoms with Gasteiger partial charge in [-0.25, -0.2) is 0 Å². The lowest BCUT2D eigenvalue weighted by atomic mass is 9.98. The SMILES string of the molecule is COc1ccc(C)c(C(=O)c2c(Cl)cc(OC)c(OC(=O)Cc3ccccc3)c2Cl)c1. The third-order valence-electron chi connectivity index (χ3n) is 4.68. The molecule has 3 aromatic carbocycles. The Morgan fingerprint density at radius 1 is 0.935 bits per heavy atom. The fraction of sp³-hybridized carbons (Fsp3) is 0.167. The molecule has 7 heteroatoms. The Labute approximate surface area is 190 Å². The molecule has 0 aromatic heterocycles. The summed E-state index contributed by atoms with van der Waals surface area (Å²) in [6.45, 7) is 1.79. The van der Waals surface area contributed by atoms with E-state index in [-0.39, 0.29) is 33.5 Å². The van der Waals surface area contributed by atoms with Gasteiger partial charge < -0.3 is 14.2 Å². The minimum atomic E-state index is -0.551. The van der Waals surface area contributed by atoms with Crippen molar-refractivity contribution in [1.29, 1.82) is 0 Å². The highest BCUT2D eigenvalue weighted by Gasteiger charge is 2.26. The van der Waals surface area contributed by atoms with Gasteiger partial charge in [0.05, 0.1) is 36.2 Å². The van der Waals surface area contributed by atoms with E-state index < -0.39 is 11.8 Å². The molecular formula is C24H20Cl2O5. The fourth-order valence-corrected chi connectivity index (χ4v) is 3.70.